The fourth-order valence-electron chi connectivity index (χ4n) is 4.16. The lowest BCUT2D eigenvalue weighted by Gasteiger charge is -2.25. The summed E-state index contributed by atoms with van der Waals surface area (Å²) in [5, 5.41) is 10.2. The van der Waals surface area contributed by atoms with Gasteiger partial charge in [-0.05, 0) is 84.7 Å². The number of hydrogen-bond acceptors (Lipinski definition) is 4. The molecule has 0 saturated carbocycles. The monoisotopic (exact) mass is 507 g/mol. The van der Waals surface area contributed by atoms with Crippen molar-refractivity contribution >= 4 is 41.2 Å². The molecule has 3 aromatic carbocycles. The minimum atomic E-state index is -1.19. The first-order valence-corrected chi connectivity index (χ1v) is 11.8. The summed E-state index contributed by atoms with van der Waals surface area (Å²) in [6.07, 6.45) is 5.34. The van der Waals surface area contributed by atoms with Crippen LogP contribution in [0.1, 0.15) is 38.8 Å². The SMILES string of the molecule is CCOc1ccc(-c2ccc(C)c(C(=O)O)c2)cc1CC1(C(=O)c2ccc(Cl)cc2Cl)C=CC=N1. The molecule has 0 fully saturated rings. The van der Waals surface area contributed by atoms with Crippen molar-refractivity contribution in [2.24, 2.45) is 4.99 Å². The third-order valence-corrected chi connectivity index (χ3v) is 6.50. The molecule has 1 aliphatic heterocycles. The van der Waals surface area contributed by atoms with Crippen LogP contribution in [0.15, 0.2) is 71.7 Å². The number of allylic oxidation sites excluding steroid dienone is 1. The average molecular weight is 508 g/mol. The Bertz CT molecular complexity index is 1370. The highest BCUT2D eigenvalue weighted by Gasteiger charge is 2.39. The van der Waals surface area contributed by atoms with Crippen LogP contribution in [0, 0.1) is 6.92 Å². The molecule has 1 aliphatic rings. The molecule has 3 aromatic rings. The Morgan fingerprint density at radius 2 is 1.74 bits per heavy atom. The van der Waals surface area contributed by atoms with E-state index in [1.807, 2.05) is 31.2 Å². The number of carbonyl (C=O) groups is 2. The third kappa shape index (κ3) is 5.02. The summed E-state index contributed by atoms with van der Waals surface area (Å²) in [6, 6.07) is 15.7. The summed E-state index contributed by atoms with van der Waals surface area (Å²) >= 11 is 12.4. The summed E-state index contributed by atoms with van der Waals surface area (Å²) in [4.78, 5) is 29.9. The number of aryl methyl sites for hydroxylation is 1. The summed E-state index contributed by atoms with van der Waals surface area (Å²) in [5.74, 6) is -0.599. The van der Waals surface area contributed by atoms with E-state index in [0.717, 1.165) is 16.7 Å². The predicted molar refractivity (Wildman–Crippen MR) is 140 cm³/mol. The van der Waals surface area contributed by atoms with Crippen LogP contribution in [0.3, 0.4) is 0 Å². The van der Waals surface area contributed by atoms with Crippen molar-refractivity contribution < 1.29 is 19.4 Å². The maximum Gasteiger partial charge on any atom is 0.335 e. The molecule has 35 heavy (non-hydrogen) atoms. The maximum absolute atomic E-state index is 13.7. The second-order valence-corrected chi connectivity index (χ2v) is 9.13. The normalized spacial score (nSPS) is 16.5. The molecule has 5 nitrogen and oxygen atoms in total. The zero-order valence-corrected chi connectivity index (χ0v) is 20.7. The number of carbonyl (C=O) groups excluding carboxylic acids is 1. The molecule has 0 bridgehead atoms. The number of nitrogens with zero attached hydrogens (tertiary/aromatic N) is 1. The van der Waals surface area contributed by atoms with Crippen molar-refractivity contribution in [3.63, 3.8) is 0 Å². The van der Waals surface area contributed by atoms with E-state index in [4.69, 9.17) is 27.9 Å². The van der Waals surface area contributed by atoms with Crippen LogP contribution in [0.2, 0.25) is 10.0 Å². The van der Waals surface area contributed by atoms with Gasteiger partial charge >= 0.3 is 5.97 Å². The molecular weight excluding hydrogens is 485 g/mol. The van der Waals surface area contributed by atoms with Crippen LogP contribution < -0.4 is 4.74 Å². The summed E-state index contributed by atoms with van der Waals surface area (Å²) in [6.45, 7) is 4.10. The van der Waals surface area contributed by atoms with Crippen LogP contribution in [0.4, 0.5) is 0 Å². The molecule has 7 heteroatoms. The number of Topliss-reactive ketones (excluding diaryl/α,β-unsaturated/α-hetero) is 1. The smallest absolute Gasteiger partial charge is 0.335 e. The first-order chi connectivity index (χ1) is 16.7. The number of halogens is 2. The number of ether oxygens (including phenoxy) is 1. The minimum Gasteiger partial charge on any atom is -0.494 e. The second-order valence-electron chi connectivity index (χ2n) is 8.28. The van der Waals surface area contributed by atoms with Gasteiger partial charge in [-0.1, -0.05) is 41.4 Å². The van der Waals surface area contributed by atoms with Crippen molar-refractivity contribution in [2.75, 3.05) is 6.61 Å². The van der Waals surface area contributed by atoms with Crippen molar-refractivity contribution in [1.82, 2.24) is 0 Å². The van der Waals surface area contributed by atoms with Gasteiger partial charge in [0.15, 0.2) is 5.78 Å². The number of hydrogen-bond donors (Lipinski definition) is 1. The summed E-state index contributed by atoms with van der Waals surface area (Å²) < 4.78 is 5.86. The molecule has 4 rings (SSSR count). The number of carboxylic acids is 1. The van der Waals surface area contributed by atoms with Crippen LogP contribution in [-0.2, 0) is 6.42 Å². The quantitative estimate of drug-likeness (QED) is 0.337. The molecule has 0 saturated heterocycles. The molecule has 1 unspecified atom stereocenters. The van der Waals surface area contributed by atoms with Gasteiger partial charge in [0.05, 0.1) is 17.2 Å². The zero-order chi connectivity index (χ0) is 25.2. The predicted octanol–water partition coefficient (Wildman–Crippen LogP) is 6.87. The third-order valence-electron chi connectivity index (χ3n) is 5.95. The minimum absolute atomic E-state index is 0.235. The Hall–Kier alpha value is -3.41. The zero-order valence-electron chi connectivity index (χ0n) is 19.2. The van der Waals surface area contributed by atoms with Crippen molar-refractivity contribution in [1.29, 1.82) is 0 Å². The van der Waals surface area contributed by atoms with E-state index in [1.165, 1.54) is 6.07 Å². The van der Waals surface area contributed by atoms with E-state index >= 15 is 0 Å². The van der Waals surface area contributed by atoms with E-state index in [9.17, 15) is 14.7 Å². The molecule has 0 aromatic heterocycles. The van der Waals surface area contributed by atoms with E-state index in [1.54, 1.807) is 49.6 Å². The highest BCUT2D eigenvalue weighted by molar-refractivity contribution is 6.37. The molecule has 0 radical (unpaired) electrons. The Balaban J connectivity index is 1.78. The number of ketones is 1. The van der Waals surface area contributed by atoms with Gasteiger partial charge in [0.25, 0.3) is 0 Å². The van der Waals surface area contributed by atoms with Gasteiger partial charge in [-0.2, -0.15) is 0 Å². The topological polar surface area (TPSA) is 76.0 Å². The van der Waals surface area contributed by atoms with Crippen molar-refractivity contribution in [2.45, 2.75) is 25.8 Å². The Morgan fingerprint density at radius 3 is 2.40 bits per heavy atom. The van der Waals surface area contributed by atoms with Crippen molar-refractivity contribution in [3.8, 4) is 16.9 Å². The van der Waals surface area contributed by atoms with E-state index in [0.29, 0.717) is 28.5 Å². The van der Waals surface area contributed by atoms with Crippen LogP contribution in [0.5, 0.6) is 5.75 Å². The van der Waals surface area contributed by atoms with E-state index in [-0.39, 0.29) is 22.8 Å². The van der Waals surface area contributed by atoms with Gasteiger partial charge < -0.3 is 9.84 Å². The van der Waals surface area contributed by atoms with Gasteiger partial charge in [-0.25, -0.2) is 4.79 Å². The largest absolute Gasteiger partial charge is 0.494 e. The molecule has 0 amide bonds. The molecule has 0 aliphatic carbocycles. The lowest BCUT2D eigenvalue weighted by atomic mass is 9.83. The van der Waals surface area contributed by atoms with Crippen LogP contribution >= 0.6 is 23.2 Å². The molecule has 1 heterocycles. The number of carboxylic acid groups (broad SMARTS) is 1. The summed E-state index contributed by atoms with van der Waals surface area (Å²) in [5.41, 5.74) is 2.39. The van der Waals surface area contributed by atoms with Gasteiger partial charge in [0.1, 0.15) is 11.3 Å². The first kappa shape index (κ1) is 24.7. The Labute approximate surface area is 213 Å². The average Bonchev–Trinajstić information content (AvgIpc) is 3.30. The summed E-state index contributed by atoms with van der Waals surface area (Å²) in [7, 11) is 0. The lowest BCUT2D eigenvalue weighted by Crippen LogP contribution is -2.36. The maximum atomic E-state index is 13.7. The molecule has 1 N–H and O–H groups in total. The lowest BCUT2D eigenvalue weighted by molar-refractivity contribution is 0.0696. The molecular formula is C28H23Cl2NO4. The molecule has 0 spiro atoms. The first-order valence-electron chi connectivity index (χ1n) is 11.1. The van der Waals surface area contributed by atoms with Gasteiger partial charge in [-0.3, -0.25) is 9.79 Å². The fourth-order valence-corrected chi connectivity index (χ4v) is 4.66. The van der Waals surface area contributed by atoms with E-state index in [2.05, 4.69) is 4.99 Å². The van der Waals surface area contributed by atoms with Gasteiger partial charge in [0, 0.05) is 23.2 Å². The molecule has 1 atom stereocenters. The van der Waals surface area contributed by atoms with Crippen molar-refractivity contribution in [3.05, 3.63) is 99.0 Å². The Kier molecular flexibility index (Phi) is 7.10. The standard InChI is InChI=1S/C28H23Cl2NO4/c1-3-35-25-10-7-18(19-6-5-17(2)23(14-19)27(33)34)13-20(25)16-28(11-4-12-31-28)26(32)22-9-8-21(29)15-24(22)30/h4-15H,3,16H2,1-2H3,(H,33,34). The number of rotatable bonds is 8. The van der Waals surface area contributed by atoms with Crippen LogP contribution in [-0.4, -0.2) is 35.2 Å². The van der Waals surface area contributed by atoms with Gasteiger partial charge in [-0.15, -0.1) is 0 Å². The number of aliphatic imine (C=N–C) groups is 1. The molecule has 178 valence electrons. The highest BCUT2D eigenvalue weighted by Crippen LogP contribution is 2.36. The van der Waals surface area contributed by atoms with Gasteiger partial charge in [0.2, 0.25) is 0 Å². The van der Waals surface area contributed by atoms with E-state index < -0.39 is 11.5 Å². The Morgan fingerprint density at radius 1 is 1.00 bits per heavy atom. The highest BCUT2D eigenvalue weighted by atomic mass is 35.5. The number of aromatic carboxylic acids is 1. The fraction of sp³-hybridized carbons (Fsp3) is 0.179. The second kappa shape index (κ2) is 10.1. The van der Waals surface area contributed by atoms with Crippen LogP contribution in [0.25, 0.3) is 11.1 Å². The number of benzene rings is 3.